The van der Waals surface area contributed by atoms with Crippen molar-refractivity contribution in [2.75, 3.05) is 26.4 Å². The summed E-state index contributed by atoms with van der Waals surface area (Å²) >= 11 is 0. The molecule has 0 aliphatic rings. The molecular weight excluding hydrogens is 186 g/mol. The third-order valence-electron chi connectivity index (χ3n) is 1.75. The molecule has 0 aliphatic heterocycles. The van der Waals surface area contributed by atoms with Crippen LogP contribution in [0, 0.1) is 0 Å². The first-order chi connectivity index (χ1) is 6.76. The van der Waals surface area contributed by atoms with Crippen LogP contribution in [0.4, 0.5) is 0 Å². The second kappa shape index (κ2) is 8.74. The summed E-state index contributed by atoms with van der Waals surface area (Å²) in [5.74, 6) is 0.176. The second-order valence-corrected chi connectivity index (χ2v) is 2.78. The molecule has 0 rings (SSSR count). The summed E-state index contributed by atoms with van der Waals surface area (Å²) in [7, 11) is 0. The van der Waals surface area contributed by atoms with E-state index in [-0.39, 0.29) is 18.5 Å². The number of hydrogen-bond donors (Lipinski definition) is 4. The van der Waals surface area contributed by atoms with E-state index in [4.69, 9.17) is 20.8 Å². The van der Waals surface area contributed by atoms with E-state index in [2.05, 4.69) is 10.5 Å². The van der Waals surface area contributed by atoms with Gasteiger partial charge in [0.1, 0.15) is 0 Å². The van der Waals surface area contributed by atoms with Crippen LogP contribution < -0.4 is 11.1 Å². The van der Waals surface area contributed by atoms with Gasteiger partial charge < -0.3 is 26.1 Å². The molecule has 1 atom stereocenters. The molecule has 0 spiro atoms. The Morgan fingerprint density at radius 3 is 2.79 bits per heavy atom. The van der Waals surface area contributed by atoms with Gasteiger partial charge >= 0.3 is 0 Å². The molecule has 6 heteroatoms. The molecule has 5 N–H and O–H groups in total. The van der Waals surface area contributed by atoms with Crippen LogP contribution in [-0.4, -0.2) is 48.6 Å². The Morgan fingerprint density at radius 2 is 2.29 bits per heavy atom. The van der Waals surface area contributed by atoms with Crippen LogP contribution in [0.3, 0.4) is 0 Å². The number of ether oxygens (including phenoxy) is 1. The Labute approximate surface area is 83.7 Å². The van der Waals surface area contributed by atoms with Crippen LogP contribution in [0.15, 0.2) is 5.16 Å². The SMILES string of the molecule is CCC(NCCOCCO)C(N)=NO. The minimum Gasteiger partial charge on any atom is -0.409 e. The molecule has 0 aromatic carbocycles. The first kappa shape index (κ1) is 13.2. The third kappa shape index (κ3) is 5.74. The minimum absolute atomic E-state index is 0.0252. The lowest BCUT2D eigenvalue weighted by atomic mass is 10.2. The largest absolute Gasteiger partial charge is 0.409 e. The summed E-state index contributed by atoms with van der Waals surface area (Å²) in [6, 6.07) is -0.127. The molecule has 0 bridgehead atoms. The Hall–Kier alpha value is -0.850. The zero-order chi connectivity index (χ0) is 10.8. The third-order valence-corrected chi connectivity index (χ3v) is 1.75. The smallest absolute Gasteiger partial charge is 0.156 e. The number of nitrogens with one attached hydrogen (secondary N) is 1. The van der Waals surface area contributed by atoms with Gasteiger partial charge in [0.05, 0.1) is 25.9 Å². The van der Waals surface area contributed by atoms with Gasteiger partial charge in [0.15, 0.2) is 5.84 Å². The highest BCUT2D eigenvalue weighted by atomic mass is 16.5. The quantitative estimate of drug-likeness (QED) is 0.135. The normalized spacial score (nSPS) is 14.3. The molecule has 84 valence electrons. The molecule has 6 nitrogen and oxygen atoms in total. The van der Waals surface area contributed by atoms with Crippen molar-refractivity contribution in [1.82, 2.24) is 5.32 Å². The number of amidine groups is 1. The van der Waals surface area contributed by atoms with E-state index in [9.17, 15) is 0 Å². The standard InChI is InChI=1S/C8H19N3O3/c1-2-7(8(9)11-13)10-3-5-14-6-4-12/h7,10,12-13H,2-6H2,1H3,(H2,9,11). The lowest BCUT2D eigenvalue weighted by Gasteiger charge is -2.14. The lowest BCUT2D eigenvalue weighted by Crippen LogP contribution is -2.42. The summed E-state index contributed by atoms with van der Waals surface area (Å²) in [6.45, 7) is 3.40. The molecule has 0 aromatic heterocycles. The van der Waals surface area contributed by atoms with Gasteiger partial charge in [-0.3, -0.25) is 0 Å². The van der Waals surface area contributed by atoms with Crippen molar-refractivity contribution in [3.8, 4) is 0 Å². The molecule has 0 aromatic rings. The molecule has 0 fully saturated rings. The van der Waals surface area contributed by atoms with Gasteiger partial charge in [0.2, 0.25) is 0 Å². The van der Waals surface area contributed by atoms with Crippen molar-refractivity contribution >= 4 is 5.84 Å². The number of nitrogens with zero attached hydrogens (tertiary/aromatic N) is 1. The number of aliphatic hydroxyl groups excluding tert-OH is 1. The molecule has 0 aliphatic carbocycles. The maximum absolute atomic E-state index is 8.44. The van der Waals surface area contributed by atoms with E-state index < -0.39 is 0 Å². The predicted molar refractivity (Wildman–Crippen MR) is 53.4 cm³/mol. The zero-order valence-electron chi connectivity index (χ0n) is 8.44. The van der Waals surface area contributed by atoms with Crippen LogP contribution in [0.5, 0.6) is 0 Å². The highest BCUT2D eigenvalue weighted by molar-refractivity contribution is 5.85. The summed E-state index contributed by atoms with van der Waals surface area (Å²) in [4.78, 5) is 0. The highest BCUT2D eigenvalue weighted by Gasteiger charge is 2.09. The second-order valence-electron chi connectivity index (χ2n) is 2.78. The van der Waals surface area contributed by atoms with E-state index in [0.717, 1.165) is 6.42 Å². The summed E-state index contributed by atoms with van der Waals surface area (Å²) in [5, 5.41) is 22.8. The number of hydrogen-bond acceptors (Lipinski definition) is 5. The van der Waals surface area contributed by atoms with Crippen LogP contribution in [0.1, 0.15) is 13.3 Å². The van der Waals surface area contributed by atoms with E-state index in [0.29, 0.717) is 19.8 Å². The fourth-order valence-corrected chi connectivity index (χ4v) is 1.000. The van der Waals surface area contributed by atoms with E-state index >= 15 is 0 Å². The first-order valence-electron chi connectivity index (χ1n) is 4.65. The van der Waals surface area contributed by atoms with Gasteiger partial charge in [-0.1, -0.05) is 12.1 Å². The summed E-state index contributed by atoms with van der Waals surface area (Å²) < 4.78 is 5.04. The van der Waals surface area contributed by atoms with Crippen molar-refractivity contribution in [3.05, 3.63) is 0 Å². The number of nitrogens with two attached hydrogens (primary N) is 1. The van der Waals surface area contributed by atoms with E-state index in [1.54, 1.807) is 0 Å². The average Bonchev–Trinajstić information content (AvgIpc) is 2.22. The van der Waals surface area contributed by atoms with Crippen LogP contribution in [-0.2, 0) is 4.74 Å². The van der Waals surface area contributed by atoms with Gasteiger partial charge in [-0.15, -0.1) is 0 Å². The molecule has 0 radical (unpaired) electrons. The molecule has 0 saturated heterocycles. The summed E-state index contributed by atoms with van der Waals surface area (Å²) in [5.41, 5.74) is 5.43. The fourth-order valence-electron chi connectivity index (χ4n) is 1.000. The number of oxime groups is 1. The molecule has 0 amide bonds. The van der Waals surface area contributed by atoms with Crippen molar-refractivity contribution in [2.24, 2.45) is 10.9 Å². The van der Waals surface area contributed by atoms with Crippen LogP contribution in [0.25, 0.3) is 0 Å². The van der Waals surface area contributed by atoms with Crippen LogP contribution >= 0.6 is 0 Å². The van der Waals surface area contributed by atoms with Gasteiger partial charge in [-0.05, 0) is 6.42 Å². The van der Waals surface area contributed by atoms with Crippen LogP contribution in [0.2, 0.25) is 0 Å². The average molecular weight is 205 g/mol. The van der Waals surface area contributed by atoms with Gasteiger partial charge in [0.25, 0.3) is 0 Å². The van der Waals surface area contributed by atoms with Gasteiger partial charge in [0, 0.05) is 6.54 Å². The molecular formula is C8H19N3O3. The molecule has 14 heavy (non-hydrogen) atoms. The van der Waals surface area contributed by atoms with E-state index in [1.807, 2.05) is 6.92 Å². The van der Waals surface area contributed by atoms with Crippen molar-refractivity contribution in [3.63, 3.8) is 0 Å². The number of aliphatic hydroxyl groups is 1. The Balaban J connectivity index is 3.53. The highest BCUT2D eigenvalue weighted by Crippen LogP contribution is 1.90. The Kier molecular flexibility index (Phi) is 8.20. The van der Waals surface area contributed by atoms with Crippen molar-refractivity contribution in [1.29, 1.82) is 0 Å². The number of rotatable bonds is 8. The zero-order valence-corrected chi connectivity index (χ0v) is 8.44. The van der Waals surface area contributed by atoms with Crippen molar-refractivity contribution < 1.29 is 15.1 Å². The van der Waals surface area contributed by atoms with E-state index in [1.165, 1.54) is 0 Å². The summed E-state index contributed by atoms with van der Waals surface area (Å²) in [6.07, 6.45) is 0.746. The predicted octanol–water partition coefficient (Wildman–Crippen LogP) is -0.890. The Morgan fingerprint density at radius 1 is 1.57 bits per heavy atom. The Bertz CT molecular complexity index is 164. The maximum Gasteiger partial charge on any atom is 0.156 e. The van der Waals surface area contributed by atoms with Gasteiger partial charge in [-0.2, -0.15) is 0 Å². The maximum atomic E-state index is 8.44. The first-order valence-corrected chi connectivity index (χ1v) is 4.65. The van der Waals surface area contributed by atoms with Gasteiger partial charge in [-0.25, -0.2) is 0 Å². The topological polar surface area (TPSA) is 100 Å². The molecule has 0 heterocycles. The minimum atomic E-state index is -0.127. The van der Waals surface area contributed by atoms with Crippen molar-refractivity contribution in [2.45, 2.75) is 19.4 Å². The molecule has 0 saturated carbocycles. The molecule has 1 unspecified atom stereocenters. The fraction of sp³-hybridized carbons (Fsp3) is 0.875. The lowest BCUT2D eigenvalue weighted by molar-refractivity contribution is 0.0933. The monoisotopic (exact) mass is 205 g/mol.